The number of carboxylic acids is 1. The second-order valence-corrected chi connectivity index (χ2v) is 5.89. The van der Waals surface area contributed by atoms with Crippen molar-refractivity contribution >= 4 is 11.8 Å². The summed E-state index contributed by atoms with van der Waals surface area (Å²) in [7, 11) is 1.85. The van der Waals surface area contributed by atoms with Crippen LogP contribution in [-0.4, -0.2) is 30.8 Å². The van der Waals surface area contributed by atoms with Crippen LogP contribution in [0.5, 0.6) is 0 Å². The quantitative estimate of drug-likeness (QED) is 0.891. The van der Waals surface area contributed by atoms with Gasteiger partial charge in [0.05, 0.1) is 12.1 Å². The Hall–Kier alpha value is -2.44. The van der Waals surface area contributed by atoms with Crippen LogP contribution in [-0.2, 0) is 19.0 Å². The van der Waals surface area contributed by atoms with Crippen molar-refractivity contribution in [1.29, 1.82) is 0 Å². The minimum atomic E-state index is -0.968. The van der Waals surface area contributed by atoms with Gasteiger partial charge in [0, 0.05) is 18.2 Å². The Balaban J connectivity index is 2.28. The van der Waals surface area contributed by atoms with Gasteiger partial charge in [-0.25, -0.2) is 9.78 Å². The molecule has 0 saturated heterocycles. The zero-order valence-corrected chi connectivity index (χ0v) is 12.6. The van der Waals surface area contributed by atoms with Crippen molar-refractivity contribution in [2.45, 2.75) is 32.7 Å². The van der Waals surface area contributed by atoms with Crippen molar-refractivity contribution < 1.29 is 9.90 Å². The maximum Gasteiger partial charge on any atom is 0.335 e. The molecule has 0 amide bonds. The predicted molar refractivity (Wildman–Crippen MR) is 78.2 cm³/mol. The van der Waals surface area contributed by atoms with Gasteiger partial charge in [-0.15, -0.1) is 10.2 Å². The van der Waals surface area contributed by atoms with E-state index in [1.165, 1.54) is 6.07 Å². The molecule has 0 aromatic carbocycles. The van der Waals surface area contributed by atoms with E-state index in [2.05, 4.69) is 20.5 Å². The molecule has 0 bridgehead atoms. The normalized spacial score (nSPS) is 11.4. The number of carboxylic acid groups (broad SMARTS) is 1. The predicted octanol–water partition coefficient (Wildman–Crippen LogP) is 1.82. The SMILES string of the molecule is Cn1cnnc1CNc1cc(C(=O)O)cc(C(C)(C)C)n1. The lowest BCUT2D eigenvalue weighted by molar-refractivity contribution is 0.0696. The Morgan fingerprint density at radius 2 is 2.10 bits per heavy atom. The molecule has 0 aliphatic rings. The van der Waals surface area contributed by atoms with E-state index in [9.17, 15) is 9.90 Å². The van der Waals surface area contributed by atoms with E-state index in [0.717, 1.165) is 11.5 Å². The van der Waals surface area contributed by atoms with E-state index in [1.54, 1.807) is 17.0 Å². The summed E-state index contributed by atoms with van der Waals surface area (Å²) in [5.41, 5.74) is 0.713. The molecular formula is C14H19N5O2. The molecule has 2 aromatic rings. The summed E-state index contributed by atoms with van der Waals surface area (Å²) in [6, 6.07) is 3.13. The smallest absolute Gasteiger partial charge is 0.335 e. The molecule has 7 nitrogen and oxygen atoms in total. The Morgan fingerprint density at radius 3 is 2.62 bits per heavy atom. The van der Waals surface area contributed by atoms with Gasteiger partial charge in [-0.1, -0.05) is 20.8 Å². The molecule has 0 spiro atoms. The fourth-order valence-electron chi connectivity index (χ4n) is 1.77. The van der Waals surface area contributed by atoms with E-state index >= 15 is 0 Å². The third kappa shape index (κ3) is 3.56. The summed E-state index contributed by atoms with van der Waals surface area (Å²) in [4.78, 5) is 15.7. The van der Waals surface area contributed by atoms with Crippen LogP contribution in [0.1, 0.15) is 42.6 Å². The topological polar surface area (TPSA) is 92.9 Å². The minimum absolute atomic E-state index is 0.218. The number of hydrogen-bond donors (Lipinski definition) is 2. The molecule has 0 aliphatic heterocycles. The number of nitrogens with one attached hydrogen (secondary N) is 1. The lowest BCUT2D eigenvalue weighted by Crippen LogP contribution is -2.17. The van der Waals surface area contributed by atoms with Gasteiger partial charge in [0.2, 0.25) is 0 Å². The van der Waals surface area contributed by atoms with Gasteiger partial charge < -0.3 is 15.0 Å². The van der Waals surface area contributed by atoms with Crippen LogP contribution in [0, 0.1) is 0 Å². The van der Waals surface area contributed by atoms with Crippen molar-refractivity contribution in [2.75, 3.05) is 5.32 Å². The molecule has 2 heterocycles. The minimum Gasteiger partial charge on any atom is -0.478 e. The standard InChI is InChI=1S/C14H19N5O2/c1-14(2,3)10-5-9(13(20)21)6-11(17-10)15-7-12-18-16-8-19(12)4/h5-6,8H,7H2,1-4H3,(H,15,17)(H,20,21). The van der Waals surface area contributed by atoms with Crippen LogP contribution >= 0.6 is 0 Å². The molecule has 7 heteroatoms. The first kappa shape index (κ1) is 15.0. The van der Waals surface area contributed by atoms with Crippen LogP contribution < -0.4 is 5.32 Å². The Labute approximate surface area is 123 Å². The summed E-state index contributed by atoms with van der Waals surface area (Å²) in [5, 5.41) is 20.1. The fourth-order valence-corrected chi connectivity index (χ4v) is 1.77. The Morgan fingerprint density at radius 1 is 1.38 bits per heavy atom. The largest absolute Gasteiger partial charge is 0.478 e. The van der Waals surface area contributed by atoms with Crippen molar-refractivity contribution in [2.24, 2.45) is 7.05 Å². The van der Waals surface area contributed by atoms with Gasteiger partial charge in [0.25, 0.3) is 0 Å². The van der Waals surface area contributed by atoms with Crippen LogP contribution in [0.15, 0.2) is 18.5 Å². The number of hydrogen-bond acceptors (Lipinski definition) is 5. The molecule has 0 aliphatic carbocycles. The highest BCUT2D eigenvalue weighted by Gasteiger charge is 2.19. The average Bonchev–Trinajstić information content (AvgIpc) is 2.80. The summed E-state index contributed by atoms with van der Waals surface area (Å²) in [5.74, 6) is 0.294. The first-order chi connectivity index (χ1) is 9.77. The van der Waals surface area contributed by atoms with Gasteiger partial charge >= 0.3 is 5.97 Å². The summed E-state index contributed by atoms with van der Waals surface area (Å²) in [6.07, 6.45) is 1.61. The van der Waals surface area contributed by atoms with Crippen molar-refractivity contribution in [3.8, 4) is 0 Å². The molecule has 2 rings (SSSR count). The van der Waals surface area contributed by atoms with E-state index in [4.69, 9.17) is 0 Å². The molecule has 0 radical (unpaired) electrons. The first-order valence-electron chi connectivity index (χ1n) is 6.60. The highest BCUT2D eigenvalue weighted by molar-refractivity contribution is 5.88. The molecule has 0 fully saturated rings. The third-order valence-corrected chi connectivity index (χ3v) is 3.07. The average molecular weight is 289 g/mol. The molecule has 2 aromatic heterocycles. The number of aryl methyl sites for hydroxylation is 1. The molecule has 0 atom stereocenters. The first-order valence-corrected chi connectivity index (χ1v) is 6.60. The number of carbonyl (C=O) groups is 1. The summed E-state index contributed by atoms with van der Waals surface area (Å²) >= 11 is 0. The Kier molecular flexibility index (Phi) is 3.93. The van der Waals surface area contributed by atoms with Crippen LogP contribution in [0.4, 0.5) is 5.82 Å². The summed E-state index contributed by atoms with van der Waals surface area (Å²) < 4.78 is 1.79. The van der Waals surface area contributed by atoms with Crippen molar-refractivity contribution in [1.82, 2.24) is 19.7 Å². The zero-order chi connectivity index (χ0) is 15.6. The lowest BCUT2D eigenvalue weighted by Gasteiger charge is -2.19. The van der Waals surface area contributed by atoms with E-state index in [-0.39, 0.29) is 11.0 Å². The van der Waals surface area contributed by atoms with E-state index in [0.29, 0.717) is 12.4 Å². The van der Waals surface area contributed by atoms with Gasteiger partial charge in [0.1, 0.15) is 12.1 Å². The molecule has 21 heavy (non-hydrogen) atoms. The number of rotatable bonds is 4. The van der Waals surface area contributed by atoms with Crippen molar-refractivity contribution in [3.05, 3.63) is 35.5 Å². The molecular weight excluding hydrogens is 270 g/mol. The number of nitrogens with zero attached hydrogens (tertiary/aromatic N) is 4. The highest BCUT2D eigenvalue weighted by atomic mass is 16.4. The number of aromatic nitrogens is 4. The van der Waals surface area contributed by atoms with Crippen molar-refractivity contribution in [3.63, 3.8) is 0 Å². The van der Waals surface area contributed by atoms with Gasteiger partial charge in [-0.05, 0) is 12.1 Å². The van der Waals surface area contributed by atoms with Crippen LogP contribution in [0.2, 0.25) is 0 Å². The molecule has 112 valence electrons. The Bertz CT molecular complexity index is 658. The second-order valence-electron chi connectivity index (χ2n) is 5.89. The van der Waals surface area contributed by atoms with E-state index < -0.39 is 5.97 Å². The molecule has 0 saturated carbocycles. The van der Waals surface area contributed by atoms with Gasteiger partial charge in [-0.3, -0.25) is 0 Å². The highest BCUT2D eigenvalue weighted by Crippen LogP contribution is 2.23. The van der Waals surface area contributed by atoms with E-state index in [1.807, 2.05) is 27.8 Å². The van der Waals surface area contributed by atoms with Gasteiger partial charge in [0.15, 0.2) is 5.82 Å². The monoisotopic (exact) mass is 289 g/mol. The lowest BCUT2D eigenvalue weighted by atomic mass is 9.91. The second kappa shape index (κ2) is 5.51. The molecule has 2 N–H and O–H groups in total. The maximum absolute atomic E-state index is 11.2. The van der Waals surface area contributed by atoms with Crippen LogP contribution in [0.25, 0.3) is 0 Å². The number of aromatic carboxylic acids is 1. The fraction of sp³-hybridized carbons (Fsp3) is 0.429. The maximum atomic E-state index is 11.2. The number of anilines is 1. The van der Waals surface area contributed by atoms with Gasteiger partial charge in [-0.2, -0.15) is 0 Å². The zero-order valence-electron chi connectivity index (χ0n) is 12.6. The molecule has 0 unspecified atom stereocenters. The number of pyridine rings is 1. The third-order valence-electron chi connectivity index (χ3n) is 3.07. The van der Waals surface area contributed by atoms with Crippen LogP contribution in [0.3, 0.4) is 0 Å². The summed E-state index contributed by atoms with van der Waals surface area (Å²) in [6.45, 7) is 6.41.